The quantitative estimate of drug-likeness (QED) is 0.0211. The van der Waals surface area contributed by atoms with Crippen LogP contribution in [0.3, 0.4) is 0 Å². The number of ether oxygens (including phenoxy) is 4. The molecular formula is C94H160NO8+. The van der Waals surface area contributed by atoms with Gasteiger partial charge in [0.05, 0.1) is 34.4 Å². The first-order valence-electron chi connectivity index (χ1n) is 42.6. The molecule has 1 N–H and O–H groups in total. The van der Waals surface area contributed by atoms with Gasteiger partial charge in [0.1, 0.15) is 13.2 Å². The van der Waals surface area contributed by atoms with Crippen molar-refractivity contribution in [3.8, 4) is 0 Å². The fourth-order valence-electron chi connectivity index (χ4n) is 11.9. The normalized spacial score (nSPS) is 13.4. The van der Waals surface area contributed by atoms with Crippen LogP contribution in [-0.2, 0) is 33.3 Å². The highest BCUT2D eigenvalue weighted by molar-refractivity contribution is 5.71. The third-order valence-electron chi connectivity index (χ3n) is 18.3. The van der Waals surface area contributed by atoms with Gasteiger partial charge in [0.15, 0.2) is 6.10 Å². The molecule has 0 radical (unpaired) electrons. The number of carbonyl (C=O) groups is 3. The second kappa shape index (κ2) is 82.6. The zero-order valence-corrected chi connectivity index (χ0v) is 67.4. The lowest BCUT2D eigenvalue weighted by Crippen LogP contribution is -2.40. The monoisotopic (exact) mass is 1430 g/mol. The summed E-state index contributed by atoms with van der Waals surface area (Å²) in [4.78, 5) is 37.8. The molecule has 0 saturated carbocycles. The van der Waals surface area contributed by atoms with Crippen LogP contribution in [0.25, 0.3) is 0 Å². The number of allylic oxidation sites excluding steroid dienone is 26. The summed E-state index contributed by atoms with van der Waals surface area (Å²) in [5, 5.41) is 9.79. The molecule has 2 atom stereocenters. The lowest BCUT2D eigenvalue weighted by atomic mass is 10.0. The number of aliphatic carboxylic acids is 1. The number of hydrogen-bond donors (Lipinski definition) is 1. The highest BCUT2D eigenvalue weighted by Crippen LogP contribution is 2.19. The number of carboxylic acids is 1. The molecule has 2 unspecified atom stereocenters. The van der Waals surface area contributed by atoms with Gasteiger partial charge in [0.2, 0.25) is 0 Å². The Morgan fingerprint density at radius 1 is 0.291 bits per heavy atom. The molecule has 0 heterocycles. The second-order valence-corrected chi connectivity index (χ2v) is 29.4. The van der Waals surface area contributed by atoms with Crippen LogP contribution in [0.4, 0.5) is 0 Å². The maximum absolute atomic E-state index is 13.0. The van der Waals surface area contributed by atoms with Gasteiger partial charge in [-0.1, -0.05) is 384 Å². The Bertz CT molecular complexity index is 2270. The van der Waals surface area contributed by atoms with Crippen molar-refractivity contribution in [1.29, 1.82) is 0 Å². The summed E-state index contributed by atoms with van der Waals surface area (Å²) >= 11 is 0. The number of unbranched alkanes of at least 4 members (excludes halogenated alkanes) is 37. The molecule has 0 aliphatic carbocycles. The van der Waals surface area contributed by atoms with Crippen molar-refractivity contribution in [2.45, 2.75) is 373 Å². The van der Waals surface area contributed by atoms with Crippen LogP contribution in [0.2, 0.25) is 0 Å². The summed E-state index contributed by atoms with van der Waals surface area (Å²) < 4.78 is 23.1. The fraction of sp³-hybridized carbons (Fsp3) is 0.691. The highest BCUT2D eigenvalue weighted by atomic mass is 16.7. The minimum atomic E-state index is -1.52. The summed E-state index contributed by atoms with van der Waals surface area (Å²) in [6.45, 7) is 4.68. The molecule has 0 aromatic heterocycles. The molecular weight excluding hydrogens is 1270 g/mol. The predicted octanol–water partition coefficient (Wildman–Crippen LogP) is 27.9. The molecule has 0 aromatic rings. The summed E-state index contributed by atoms with van der Waals surface area (Å²) in [7, 11) is 5.99. The second-order valence-electron chi connectivity index (χ2n) is 29.4. The Kier molecular flexibility index (Phi) is 78.5. The van der Waals surface area contributed by atoms with E-state index in [-0.39, 0.29) is 32.2 Å². The maximum atomic E-state index is 13.0. The van der Waals surface area contributed by atoms with Crippen LogP contribution in [-0.4, -0.2) is 87.4 Å². The molecule has 0 fully saturated rings. The average Bonchev–Trinajstić information content (AvgIpc) is 0.985. The zero-order chi connectivity index (χ0) is 74.6. The van der Waals surface area contributed by atoms with Gasteiger partial charge in [0, 0.05) is 12.8 Å². The number of nitrogens with zero attached hydrogens (tertiary/aromatic N) is 1. The van der Waals surface area contributed by atoms with Crippen molar-refractivity contribution >= 4 is 17.9 Å². The van der Waals surface area contributed by atoms with E-state index in [4.69, 9.17) is 18.9 Å². The molecule has 0 aromatic carbocycles. The van der Waals surface area contributed by atoms with Gasteiger partial charge in [-0.15, -0.1) is 0 Å². The molecule has 0 rings (SSSR count). The van der Waals surface area contributed by atoms with Gasteiger partial charge >= 0.3 is 17.9 Å². The smallest absolute Gasteiger partial charge is 0.361 e. The maximum Gasteiger partial charge on any atom is 0.361 e. The van der Waals surface area contributed by atoms with Gasteiger partial charge in [-0.25, -0.2) is 4.79 Å². The molecule has 0 aliphatic rings. The first kappa shape index (κ1) is 97.9. The largest absolute Gasteiger partial charge is 0.477 e. The average molecular weight is 1430 g/mol. The minimum Gasteiger partial charge on any atom is -0.477 e. The summed E-state index contributed by atoms with van der Waals surface area (Å²) in [5.41, 5.74) is 0. The first-order chi connectivity index (χ1) is 50.6. The molecule has 0 amide bonds. The van der Waals surface area contributed by atoms with E-state index < -0.39 is 24.3 Å². The van der Waals surface area contributed by atoms with Gasteiger partial charge in [-0.2, -0.15) is 0 Å². The number of hydrogen-bond acceptors (Lipinski definition) is 7. The topological polar surface area (TPSA) is 108 Å². The van der Waals surface area contributed by atoms with Crippen LogP contribution in [0.5, 0.6) is 0 Å². The fourth-order valence-corrected chi connectivity index (χ4v) is 11.9. The molecule has 103 heavy (non-hydrogen) atoms. The Labute approximate surface area is 635 Å². The first-order valence-corrected chi connectivity index (χ1v) is 42.6. The Morgan fingerprint density at radius 3 is 0.777 bits per heavy atom. The van der Waals surface area contributed by atoms with E-state index in [2.05, 4.69) is 172 Å². The van der Waals surface area contributed by atoms with E-state index in [9.17, 15) is 19.5 Å². The van der Waals surface area contributed by atoms with Crippen molar-refractivity contribution in [2.75, 3.05) is 47.5 Å². The molecule has 588 valence electrons. The van der Waals surface area contributed by atoms with Gasteiger partial charge in [0.25, 0.3) is 6.29 Å². The Balaban J connectivity index is 4.00. The lowest BCUT2D eigenvalue weighted by molar-refractivity contribution is -0.870. The number of rotatable bonds is 78. The van der Waals surface area contributed by atoms with Gasteiger partial charge in [-0.05, 0) is 122 Å². The molecule has 0 spiro atoms. The molecule has 9 nitrogen and oxygen atoms in total. The van der Waals surface area contributed by atoms with Crippen molar-refractivity contribution in [3.05, 3.63) is 158 Å². The number of esters is 2. The van der Waals surface area contributed by atoms with E-state index in [0.717, 1.165) is 122 Å². The number of quaternary nitrogens is 1. The molecule has 0 bridgehead atoms. The Hall–Kier alpha value is -5.09. The van der Waals surface area contributed by atoms with Gasteiger partial charge < -0.3 is 28.5 Å². The summed E-state index contributed by atoms with van der Waals surface area (Å²) in [6.07, 6.45) is 120. The van der Waals surface area contributed by atoms with Crippen LogP contribution < -0.4 is 0 Å². The molecule has 0 aliphatic heterocycles. The van der Waals surface area contributed by atoms with Crippen molar-refractivity contribution in [2.24, 2.45) is 0 Å². The summed E-state index contributed by atoms with van der Waals surface area (Å²) in [5.74, 6) is -1.99. The number of likely N-dealkylation sites (N-methyl/N-ethyl adjacent to an activating group) is 1. The van der Waals surface area contributed by atoms with Crippen LogP contribution in [0.1, 0.15) is 361 Å². The zero-order valence-electron chi connectivity index (χ0n) is 67.4. The van der Waals surface area contributed by atoms with E-state index in [1.54, 1.807) is 0 Å². The van der Waals surface area contributed by atoms with E-state index in [1.165, 1.54) is 212 Å². The third-order valence-corrected chi connectivity index (χ3v) is 18.3. The third kappa shape index (κ3) is 84.1. The van der Waals surface area contributed by atoms with Crippen molar-refractivity contribution < 1.29 is 42.9 Å². The number of carboxylic acid groups (broad SMARTS) is 1. The molecule has 9 heteroatoms. The van der Waals surface area contributed by atoms with E-state index in [0.29, 0.717) is 17.4 Å². The Morgan fingerprint density at radius 2 is 0.524 bits per heavy atom. The standard InChI is InChI=1S/C94H159NO8/c1-6-8-10-12-14-16-18-20-22-24-26-28-30-32-34-36-38-40-42-44-46-48-50-52-54-56-58-60-62-64-66-68-70-72-74-76-78-80-82-84-91(96)101-88-90(89-102-94(93(98)99)100-87-86-95(3,4)5)103-92(97)85-83-81-79-77-75-73-71-69-67-65-63-61-59-57-55-53-51-49-47-45-43-41-39-37-35-33-31-29-27-25-23-21-19-17-15-13-11-9-7-2/h8-11,14-17,20-23,26-29,32-35,38-41,45,47,90,94H,6-7,12-13,18-19,24-25,30-31,36-37,42-44,46,48-89H2,1-5H3/p+1/b10-8-,11-9-,16-14-,17-15-,22-20-,23-21-,28-26-,29-27-,34-32-,35-33-,40-38-,41-39-,47-45-. The van der Waals surface area contributed by atoms with Gasteiger partial charge in [-0.3, -0.25) is 9.59 Å². The van der Waals surface area contributed by atoms with Crippen LogP contribution >= 0.6 is 0 Å². The minimum absolute atomic E-state index is 0.184. The SMILES string of the molecule is CC/C=C\C/C=C\C/C=C\C/C=C\C/C=C\C/C=C\C/C=C\CCCCCCCCCCCCCCCCCCCC(=O)OC(COC(=O)CCCCCCCCCCCCCCCCCCCCCC/C=C\C/C=C\C/C=C\C/C=C\C/C=C\C/C=C\CC)COC(OCC[N+](C)(C)C)C(=O)O. The van der Waals surface area contributed by atoms with Crippen molar-refractivity contribution in [3.63, 3.8) is 0 Å². The predicted molar refractivity (Wildman–Crippen MR) is 447 cm³/mol. The van der Waals surface area contributed by atoms with Crippen molar-refractivity contribution in [1.82, 2.24) is 0 Å². The van der Waals surface area contributed by atoms with E-state index >= 15 is 0 Å². The van der Waals surface area contributed by atoms with Crippen LogP contribution in [0.15, 0.2) is 158 Å². The van der Waals surface area contributed by atoms with E-state index in [1.807, 2.05) is 21.1 Å². The summed E-state index contributed by atoms with van der Waals surface area (Å²) in [6, 6.07) is 0. The lowest BCUT2D eigenvalue weighted by Gasteiger charge is -2.25. The van der Waals surface area contributed by atoms with Crippen LogP contribution in [0, 0.1) is 0 Å². The molecule has 0 saturated heterocycles. The highest BCUT2D eigenvalue weighted by Gasteiger charge is 2.25. The number of carbonyl (C=O) groups excluding carboxylic acids is 2.